The number of ether oxygens (including phenoxy) is 3. The molecule has 0 radical (unpaired) electrons. The lowest BCUT2D eigenvalue weighted by Crippen LogP contribution is -2.30. The molecule has 0 aromatic rings. The molecule has 0 heterocycles. The van der Waals surface area contributed by atoms with Gasteiger partial charge >= 0.3 is 25.7 Å². The highest BCUT2D eigenvalue weighted by Gasteiger charge is 2.28. The van der Waals surface area contributed by atoms with Crippen molar-refractivity contribution >= 4 is 25.7 Å². The maximum atomic E-state index is 12.9. The van der Waals surface area contributed by atoms with Crippen LogP contribution in [0.3, 0.4) is 0 Å². The molecule has 0 amide bonds. The minimum atomic E-state index is -4.75. The molecule has 3 unspecified atom stereocenters. The van der Waals surface area contributed by atoms with E-state index in [1.165, 1.54) is 122 Å². The molecule has 0 saturated heterocycles. The first-order valence-corrected chi connectivity index (χ1v) is 31.0. The molecule has 2 N–H and O–H groups in total. The Morgan fingerprint density at radius 2 is 0.681 bits per heavy atom. The standard InChI is InChI=1S/C60H109O11P/c1-4-7-10-13-16-19-22-24-26-28-30-32-35-38-41-44-47-50-59(63)70-56(52-61)54-68-72(65,66)69-55-57(53-67-58(62)49-46-43-40-37-34-21-18-15-12-9-6-3)71-60(64)51-48-45-42-39-36-33-31-29-27-25-23-20-17-14-11-8-5-2/h16-17,19-20,24-27,56-57,61H,4-15,18,21-23,28-55H2,1-3H3,(H,65,66)/b19-16-,20-17-,26-24-,27-25-. The Bertz CT molecular complexity index is 1400. The summed E-state index contributed by atoms with van der Waals surface area (Å²) in [6.45, 7) is 4.60. The van der Waals surface area contributed by atoms with E-state index in [9.17, 15) is 28.9 Å². The maximum Gasteiger partial charge on any atom is 0.472 e. The number of phosphoric ester groups is 1. The molecule has 0 rings (SSSR count). The fourth-order valence-corrected chi connectivity index (χ4v) is 8.97. The fraction of sp³-hybridized carbons (Fsp3) is 0.817. The van der Waals surface area contributed by atoms with E-state index < -0.39 is 57.8 Å². The monoisotopic (exact) mass is 1040 g/mol. The molecule has 420 valence electrons. The second kappa shape index (κ2) is 54.7. The molecule has 0 aliphatic carbocycles. The summed E-state index contributed by atoms with van der Waals surface area (Å²) < 4.78 is 39.5. The normalized spacial score (nSPS) is 13.7. The Morgan fingerprint density at radius 1 is 0.389 bits per heavy atom. The van der Waals surface area contributed by atoms with E-state index in [-0.39, 0.29) is 25.9 Å². The van der Waals surface area contributed by atoms with E-state index in [0.717, 1.165) is 96.3 Å². The molecular weight excluding hydrogens is 928 g/mol. The number of hydrogen-bond donors (Lipinski definition) is 2. The number of carbonyl (C=O) groups excluding carboxylic acids is 3. The highest BCUT2D eigenvalue weighted by molar-refractivity contribution is 7.47. The Morgan fingerprint density at radius 3 is 1.06 bits per heavy atom. The third-order valence-electron chi connectivity index (χ3n) is 12.7. The zero-order valence-corrected chi connectivity index (χ0v) is 47.3. The van der Waals surface area contributed by atoms with Crippen LogP contribution in [0.5, 0.6) is 0 Å². The van der Waals surface area contributed by atoms with Crippen LogP contribution in [0.15, 0.2) is 48.6 Å². The van der Waals surface area contributed by atoms with Crippen LogP contribution in [0.25, 0.3) is 0 Å². The lowest BCUT2D eigenvalue weighted by atomic mass is 10.1. The Kier molecular flexibility index (Phi) is 52.7. The molecule has 0 aromatic carbocycles. The molecule has 0 fully saturated rings. The van der Waals surface area contributed by atoms with E-state index in [1.54, 1.807) is 0 Å². The number of esters is 3. The van der Waals surface area contributed by atoms with Gasteiger partial charge in [-0.3, -0.25) is 23.4 Å². The van der Waals surface area contributed by atoms with E-state index in [2.05, 4.69) is 69.4 Å². The molecule has 72 heavy (non-hydrogen) atoms. The smallest absolute Gasteiger partial charge is 0.462 e. The summed E-state index contributed by atoms with van der Waals surface area (Å²) >= 11 is 0. The molecule has 0 bridgehead atoms. The van der Waals surface area contributed by atoms with Gasteiger partial charge in [-0.25, -0.2) is 4.57 Å². The van der Waals surface area contributed by atoms with Gasteiger partial charge in [0, 0.05) is 19.3 Å². The predicted molar refractivity (Wildman–Crippen MR) is 298 cm³/mol. The third kappa shape index (κ3) is 52.3. The summed E-state index contributed by atoms with van der Waals surface area (Å²) in [6, 6.07) is 0. The minimum absolute atomic E-state index is 0.161. The van der Waals surface area contributed by atoms with Crippen molar-refractivity contribution in [3.05, 3.63) is 48.6 Å². The first-order valence-electron chi connectivity index (χ1n) is 29.5. The molecule has 0 spiro atoms. The minimum Gasteiger partial charge on any atom is -0.462 e. The van der Waals surface area contributed by atoms with Crippen molar-refractivity contribution in [2.45, 2.75) is 290 Å². The molecule has 0 saturated carbocycles. The first kappa shape index (κ1) is 69.4. The van der Waals surface area contributed by atoms with Gasteiger partial charge in [-0.05, 0) is 83.5 Å². The molecular formula is C60H109O11P. The van der Waals surface area contributed by atoms with Crippen LogP contribution in [-0.4, -0.2) is 66.5 Å². The number of unbranched alkanes of at least 4 members (excludes halogenated alkanes) is 30. The molecule has 0 aliphatic rings. The lowest BCUT2D eigenvalue weighted by molar-refractivity contribution is -0.161. The van der Waals surface area contributed by atoms with Crippen LogP contribution in [0.4, 0.5) is 0 Å². The number of hydrogen-bond acceptors (Lipinski definition) is 10. The van der Waals surface area contributed by atoms with Gasteiger partial charge in [-0.15, -0.1) is 0 Å². The van der Waals surface area contributed by atoms with Gasteiger partial charge in [0.1, 0.15) is 12.7 Å². The van der Waals surface area contributed by atoms with Crippen molar-refractivity contribution in [2.75, 3.05) is 26.4 Å². The van der Waals surface area contributed by atoms with Crippen molar-refractivity contribution in [2.24, 2.45) is 0 Å². The number of aliphatic hydroxyl groups excluding tert-OH is 1. The van der Waals surface area contributed by atoms with E-state index in [0.29, 0.717) is 19.3 Å². The summed E-state index contributed by atoms with van der Waals surface area (Å²) in [5, 5.41) is 9.82. The van der Waals surface area contributed by atoms with Crippen molar-refractivity contribution in [3.8, 4) is 0 Å². The van der Waals surface area contributed by atoms with Crippen LogP contribution < -0.4 is 0 Å². The van der Waals surface area contributed by atoms with Crippen molar-refractivity contribution in [3.63, 3.8) is 0 Å². The number of allylic oxidation sites excluding steroid dienone is 8. The predicted octanol–water partition coefficient (Wildman–Crippen LogP) is 17.4. The number of phosphoric acid groups is 1. The Labute approximate surface area is 441 Å². The third-order valence-corrected chi connectivity index (χ3v) is 13.7. The van der Waals surface area contributed by atoms with Gasteiger partial charge in [0.05, 0.1) is 19.8 Å². The second-order valence-electron chi connectivity index (χ2n) is 19.8. The topological polar surface area (TPSA) is 155 Å². The largest absolute Gasteiger partial charge is 0.472 e. The van der Waals surface area contributed by atoms with Crippen LogP contribution in [0, 0.1) is 0 Å². The van der Waals surface area contributed by atoms with Gasteiger partial charge in [0.15, 0.2) is 6.10 Å². The quantitative estimate of drug-likeness (QED) is 0.0197. The van der Waals surface area contributed by atoms with E-state index in [4.69, 9.17) is 23.3 Å². The molecule has 0 aliphatic heterocycles. The van der Waals surface area contributed by atoms with Gasteiger partial charge in [-0.1, -0.05) is 223 Å². The van der Waals surface area contributed by atoms with Crippen LogP contribution in [-0.2, 0) is 42.2 Å². The summed E-state index contributed by atoms with van der Waals surface area (Å²) in [5.41, 5.74) is 0. The van der Waals surface area contributed by atoms with Crippen molar-refractivity contribution in [1.29, 1.82) is 0 Å². The summed E-state index contributed by atoms with van der Waals surface area (Å²) in [6.07, 6.45) is 57.7. The Hall–Kier alpha value is -2.56. The maximum absolute atomic E-state index is 12.9. The lowest BCUT2D eigenvalue weighted by Gasteiger charge is -2.21. The van der Waals surface area contributed by atoms with Gasteiger partial charge in [-0.2, -0.15) is 0 Å². The fourth-order valence-electron chi connectivity index (χ4n) is 8.18. The number of rotatable bonds is 55. The molecule has 12 heteroatoms. The summed E-state index contributed by atoms with van der Waals surface area (Å²) in [5.74, 6) is -1.47. The van der Waals surface area contributed by atoms with Gasteiger partial charge in [0.2, 0.25) is 0 Å². The molecule has 11 nitrogen and oxygen atoms in total. The summed E-state index contributed by atoms with van der Waals surface area (Å²) in [7, 11) is -4.75. The number of carbonyl (C=O) groups is 3. The molecule has 0 aromatic heterocycles. The SMILES string of the molecule is CCCCC/C=C\C/C=C\CCCCCCCCCC(=O)OC(CO)COP(=O)(O)OCC(COC(=O)CCCCCCCCCCCCC)OC(=O)CCCCCCCCC/C=C\C/C=C\CCCCC. The molecule has 3 atom stereocenters. The highest BCUT2D eigenvalue weighted by Crippen LogP contribution is 2.43. The van der Waals surface area contributed by atoms with Crippen LogP contribution in [0.1, 0.15) is 278 Å². The average molecular weight is 1040 g/mol. The average Bonchev–Trinajstić information content (AvgIpc) is 3.37. The van der Waals surface area contributed by atoms with E-state index in [1.807, 2.05) is 0 Å². The number of aliphatic hydroxyl groups is 1. The first-order chi connectivity index (χ1) is 35.2. The Balaban J connectivity index is 4.66. The highest BCUT2D eigenvalue weighted by atomic mass is 31.2. The van der Waals surface area contributed by atoms with Crippen LogP contribution >= 0.6 is 7.82 Å². The summed E-state index contributed by atoms with van der Waals surface area (Å²) in [4.78, 5) is 48.5. The van der Waals surface area contributed by atoms with Gasteiger partial charge < -0.3 is 24.2 Å². The zero-order valence-electron chi connectivity index (χ0n) is 46.4. The van der Waals surface area contributed by atoms with Crippen molar-refractivity contribution < 1.29 is 52.2 Å². The van der Waals surface area contributed by atoms with Crippen molar-refractivity contribution in [1.82, 2.24) is 0 Å². The van der Waals surface area contributed by atoms with Gasteiger partial charge in [0.25, 0.3) is 0 Å². The second-order valence-corrected chi connectivity index (χ2v) is 21.3. The van der Waals surface area contributed by atoms with Crippen LogP contribution in [0.2, 0.25) is 0 Å². The van der Waals surface area contributed by atoms with E-state index >= 15 is 0 Å². The zero-order chi connectivity index (χ0) is 52.7.